The average molecular weight is 126 g/mol. The van der Waals surface area contributed by atoms with Crippen molar-refractivity contribution in [1.29, 1.82) is 0 Å². The van der Waals surface area contributed by atoms with Crippen LogP contribution >= 0.6 is 0 Å². The standard InChI is InChI=1S/C9H10.Li.H/c1-2-6-9-7-4-3-5-8-9;;/h2-8H,1H3;;/q;+1;-1. The number of benzene rings is 1. The van der Waals surface area contributed by atoms with Crippen LogP contribution in [0.25, 0.3) is 6.08 Å². The van der Waals surface area contributed by atoms with Gasteiger partial charge in [-0.15, -0.1) is 0 Å². The fourth-order valence-electron chi connectivity index (χ4n) is 0.757. The molecule has 0 aromatic heterocycles. The van der Waals surface area contributed by atoms with Gasteiger partial charge in [0.25, 0.3) is 0 Å². The Morgan fingerprint density at radius 1 is 1.20 bits per heavy atom. The van der Waals surface area contributed by atoms with E-state index in [9.17, 15) is 0 Å². The maximum atomic E-state index is 2.08. The molecule has 0 spiro atoms. The summed E-state index contributed by atoms with van der Waals surface area (Å²) in [6.07, 6.45) is 4.12. The van der Waals surface area contributed by atoms with E-state index in [-0.39, 0.29) is 20.3 Å². The number of rotatable bonds is 1. The van der Waals surface area contributed by atoms with Crippen molar-refractivity contribution >= 4 is 6.08 Å². The Kier molecular flexibility index (Phi) is 5.11. The molecule has 0 aliphatic rings. The van der Waals surface area contributed by atoms with Crippen LogP contribution in [-0.2, 0) is 0 Å². The smallest absolute Gasteiger partial charge is 1.00 e. The monoisotopic (exact) mass is 126 g/mol. The zero-order valence-corrected chi connectivity index (χ0v) is 6.54. The molecule has 10 heavy (non-hydrogen) atoms. The molecule has 48 valence electrons. The van der Waals surface area contributed by atoms with Gasteiger partial charge < -0.3 is 1.43 Å². The minimum atomic E-state index is 0. The van der Waals surface area contributed by atoms with E-state index in [0.29, 0.717) is 0 Å². The van der Waals surface area contributed by atoms with Crippen molar-refractivity contribution in [1.82, 2.24) is 0 Å². The van der Waals surface area contributed by atoms with E-state index < -0.39 is 0 Å². The molecule has 1 heteroatoms. The van der Waals surface area contributed by atoms with Gasteiger partial charge in [0, 0.05) is 0 Å². The Hall–Kier alpha value is -0.443. The van der Waals surface area contributed by atoms with E-state index in [1.807, 2.05) is 31.2 Å². The van der Waals surface area contributed by atoms with Crippen molar-refractivity contribution in [3.63, 3.8) is 0 Å². The fourth-order valence-corrected chi connectivity index (χ4v) is 0.757. The topological polar surface area (TPSA) is 0 Å². The zero-order chi connectivity index (χ0) is 6.53. The van der Waals surface area contributed by atoms with E-state index in [0.717, 1.165) is 0 Å². The second kappa shape index (κ2) is 5.35. The summed E-state index contributed by atoms with van der Waals surface area (Å²) in [7, 11) is 0. The predicted octanol–water partition coefficient (Wildman–Crippen LogP) is -0.164. The molecule has 0 fully saturated rings. The van der Waals surface area contributed by atoms with Gasteiger partial charge in [-0.05, 0) is 12.5 Å². The van der Waals surface area contributed by atoms with Crippen LogP contribution in [0, 0.1) is 0 Å². The molecule has 0 atom stereocenters. The van der Waals surface area contributed by atoms with Crippen LogP contribution in [0.3, 0.4) is 0 Å². The molecule has 1 aromatic carbocycles. The molecule has 0 nitrogen and oxygen atoms in total. The summed E-state index contributed by atoms with van der Waals surface area (Å²) in [4.78, 5) is 0. The molecule has 0 bridgehead atoms. The Bertz CT molecular complexity index is 194. The SMILES string of the molecule is CC=Cc1ccccc1.[H-].[Li+]. The minimum absolute atomic E-state index is 0. The van der Waals surface area contributed by atoms with Crippen molar-refractivity contribution in [2.24, 2.45) is 0 Å². The van der Waals surface area contributed by atoms with Crippen molar-refractivity contribution < 1.29 is 20.3 Å². The van der Waals surface area contributed by atoms with Crippen LogP contribution < -0.4 is 18.9 Å². The average Bonchev–Trinajstić information content (AvgIpc) is 1.91. The summed E-state index contributed by atoms with van der Waals surface area (Å²) in [6, 6.07) is 10.3. The predicted molar refractivity (Wildman–Crippen MR) is 42.3 cm³/mol. The van der Waals surface area contributed by atoms with Gasteiger partial charge in [-0.3, -0.25) is 0 Å². The number of allylic oxidation sites excluding steroid dienone is 1. The minimum Gasteiger partial charge on any atom is -1.00 e. The first-order valence-electron chi connectivity index (χ1n) is 3.11. The molecular weight excluding hydrogens is 115 g/mol. The molecule has 0 aliphatic heterocycles. The summed E-state index contributed by atoms with van der Waals surface area (Å²) >= 11 is 0. The first-order chi connectivity index (χ1) is 4.43. The van der Waals surface area contributed by atoms with E-state index in [4.69, 9.17) is 0 Å². The summed E-state index contributed by atoms with van der Waals surface area (Å²) in [5.41, 5.74) is 1.26. The Morgan fingerprint density at radius 2 is 1.80 bits per heavy atom. The molecule has 0 aliphatic carbocycles. The molecule has 0 saturated carbocycles. The second-order valence-corrected chi connectivity index (χ2v) is 1.91. The molecule has 0 saturated heterocycles. The third kappa shape index (κ3) is 2.92. The van der Waals surface area contributed by atoms with E-state index in [1.165, 1.54) is 5.56 Å². The van der Waals surface area contributed by atoms with Crippen molar-refractivity contribution in [3.05, 3.63) is 42.0 Å². The summed E-state index contributed by atoms with van der Waals surface area (Å²) < 4.78 is 0. The van der Waals surface area contributed by atoms with Crippen LogP contribution in [0.5, 0.6) is 0 Å². The van der Waals surface area contributed by atoms with Crippen molar-refractivity contribution in [3.8, 4) is 0 Å². The van der Waals surface area contributed by atoms with Gasteiger partial charge in [0.05, 0.1) is 0 Å². The third-order valence-corrected chi connectivity index (χ3v) is 1.16. The first kappa shape index (κ1) is 9.56. The zero-order valence-electron chi connectivity index (χ0n) is 7.54. The first-order valence-corrected chi connectivity index (χ1v) is 3.11. The summed E-state index contributed by atoms with van der Waals surface area (Å²) in [5.74, 6) is 0. The largest absolute Gasteiger partial charge is 1.00 e. The number of hydrogen-bond donors (Lipinski definition) is 0. The maximum Gasteiger partial charge on any atom is 1.00 e. The quantitative estimate of drug-likeness (QED) is 0.458. The molecule has 0 radical (unpaired) electrons. The van der Waals surface area contributed by atoms with Crippen LogP contribution in [0.1, 0.15) is 13.9 Å². The van der Waals surface area contributed by atoms with E-state index >= 15 is 0 Å². The van der Waals surface area contributed by atoms with Crippen LogP contribution in [0.2, 0.25) is 0 Å². The van der Waals surface area contributed by atoms with Gasteiger partial charge in [-0.2, -0.15) is 0 Å². The summed E-state index contributed by atoms with van der Waals surface area (Å²) in [5, 5.41) is 0. The van der Waals surface area contributed by atoms with Gasteiger partial charge in [-0.25, -0.2) is 0 Å². The van der Waals surface area contributed by atoms with Crippen molar-refractivity contribution in [2.75, 3.05) is 0 Å². The van der Waals surface area contributed by atoms with Gasteiger partial charge in [0.2, 0.25) is 0 Å². The number of hydrogen-bond acceptors (Lipinski definition) is 0. The van der Waals surface area contributed by atoms with Gasteiger partial charge in [-0.1, -0.05) is 42.5 Å². The summed E-state index contributed by atoms with van der Waals surface area (Å²) in [6.45, 7) is 2.02. The fraction of sp³-hybridized carbons (Fsp3) is 0.111. The molecule has 1 rings (SSSR count). The Morgan fingerprint density at radius 3 is 2.30 bits per heavy atom. The van der Waals surface area contributed by atoms with Crippen LogP contribution in [0.4, 0.5) is 0 Å². The van der Waals surface area contributed by atoms with Gasteiger partial charge >= 0.3 is 18.9 Å². The van der Waals surface area contributed by atoms with Gasteiger partial charge in [0.15, 0.2) is 0 Å². The molecule has 1 aromatic rings. The molecule has 0 unspecified atom stereocenters. The van der Waals surface area contributed by atoms with E-state index in [2.05, 4.69) is 18.2 Å². The Labute approximate surface area is 75.6 Å². The Balaban J connectivity index is 0. The van der Waals surface area contributed by atoms with Gasteiger partial charge in [0.1, 0.15) is 0 Å². The van der Waals surface area contributed by atoms with Crippen LogP contribution in [0.15, 0.2) is 36.4 Å². The van der Waals surface area contributed by atoms with Crippen molar-refractivity contribution in [2.45, 2.75) is 6.92 Å². The second-order valence-electron chi connectivity index (χ2n) is 1.91. The molecular formula is C9H11Li. The maximum absolute atomic E-state index is 2.08. The molecule has 0 N–H and O–H groups in total. The van der Waals surface area contributed by atoms with Crippen LogP contribution in [-0.4, -0.2) is 0 Å². The van der Waals surface area contributed by atoms with E-state index in [1.54, 1.807) is 0 Å². The normalized spacial score (nSPS) is 9.30. The molecule has 0 heterocycles. The molecule has 0 amide bonds. The third-order valence-electron chi connectivity index (χ3n) is 1.16.